The average molecular weight is 262 g/mol. The number of rotatable bonds is 5. The number of benzene rings is 1. The fourth-order valence-corrected chi connectivity index (χ4v) is 1.80. The first kappa shape index (κ1) is 13.3. The third-order valence-electron chi connectivity index (χ3n) is 2.76. The van der Waals surface area contributed by atoms with Crippen LogP contribution >= 0.6 is 0 Å². The zero-order valence-corrected chi connectivity index (χ0v) is 10.9. The van der Waals surface area contributed by atoms with Crippen LogP contribution in [0.3, 0.4) is 0 Å². The van der Waals surface area contributed by atoms with Crippen molar-refractivity contribution in [2.45, 2.75) is 19.9 Å². The maximum absolute atomic E-state index is 13.3. The molecule has 1 heterocycles. The van der Waals surface area contributed by atoms with E-state index in [1.165, 1.54) is 31.5 Å². The topological polar surface area (TPSA) is 44.1 Å². The first-order valence-electron chi connectivity index (χ1n) is 6.06. The number of carbonyl (C=O) groups is 1. The molecule has 1 aromatic carbocycles. The van der Waals surface area contributed by atoms with Gasteiger partial charge >= 0.3 is 0 Å². The molecule has 0 spiro atoms. The number of hydrogen-bond donors (Lipinski definition) is 0. The lowest BCUT2D eigenvalue weighted by Gasteiger charge is -2.04. The summed E-state index contributed by atoms with van der Waals surface area (Å²) < 4.78 is 19.9. The molecule has 0 saturated carbocycles. The van der Waals surface area contributed by atoms with E-state index in [2.05, 4.69) is 5.10 Å². The molecular formula is C14H15FN2O2. The second-order valence-electron chi connectivity index (χ2n) is 4.17. The lowest BCUT2D eigenvalue weighted by atomic mass is 10.1. The van der Waals surface area contributed by atoms with Gasteiger partial charge in [-0.15, -0.1) is 0 Å². The molecule has 0 aliphatic rings. The summed E-state index contributed by atoms with van der Waals surface area (Å²) in [5.74, 6) is -0.617. The maximum atomic E-state index is 13.3. The van der Waals surface area contributed by atoms with Crippen LogP contribution in [0.5, 0.6) is 5.75 Å². The molecule has 4 nitrogen and oxygen atoms in total. The third-order valence-corrected chi connectivity index (χ3v) is 2.76. The van der Waals surface area contributed by atoms with Gasteiger partial charge in [0.15, 0.2) is 17.3 Å². The van der Waals surface area contributed by atoms with Gasteiger partial charge in [-0.2, -0.15) is 5.10 Å². The second-order valence-corrected chi connectivity index (χ2v) is 4.17. The van der Waals surface area contributed by atoms with Gasteiger partial charge in [-0.25, -0.2) is 4.39 Å². The molecular weight excluding hydrogens is 247 g/mol. The number of carbonyl (C=O) groups excluding carboxylic acids is 1. The Bertz CT molecular complexity index is 593. The van der Waals surface area contributed by atoms with Crippen molar-refractivity contribution in [2.24, 2.45) is 0 Å². The van der Waals surface area contributed by atoms with E-state index >= 15 is 0 Å². The van der Waals surface area contributed by atoms with Crippen molar-refractivity contribution in [2.75, 3.05) is 7.11 Å². The Morgan fingerprint density at radius 3 is 2.89 bits per heavy atom. The van der Waals surface area contributed by atoms with Crippen molar-refractivity contribution in [1.82, 2.24) is 9.78 Å². The molecule has 0 fully saturated rings. The van der Waals surface area contributed by atoms with E-state index in [4.69, 9.17) is 4.74 Å². The van der Waals surface area contributed by atoms with Crippen LogP contribution < -0.4 is 4.74 Å². The minimum atomic E-state index is -0.485. The molecule has 0 bridgehead atoms. The van der Waals surface area contributed by atoms with Crippen molar-refractivity contribution >= 4 is 5.78 Å². The first-order chi connectivity index (χ1) is 9.15. The fourth-order valence-electron chi connectivity index (χ4n) is 1.80. The SMILES string of the molecule is CCCn1cc(C(=O)c2ccc(F)c(OC)c2)cn1. The zero-order valence-electron chi connectivity index (χ0n) is 10.9. The van der Waals surface area contributed by atoms with E-state index in [9.17, 15) is 9.18 Å². The molecule has 5 heteroatoms. The van der Waals surface area contributed by atoms with E-state index < -0.39 is 5.82 Å². The Morgan fingerprint density at radius 2 is 2.21 bits per heavy atom. The van der Waals surface area contributed by atoms with Gasteiger partial charge in [0.25, 0.3) is 0 Å². The minimum absolute atomic E-state index is 0.0619. The van der Waals surface area contributed by atoms with Crippen LogP contribution in [0.1, 0.15) is 29.3 Å². The molecule has 0 amide bonds. The lowest BCUT2D eigenvalue weighted by molar-refractivity contribution is 0.103. The number of hydrogen-bond acceptors (Lipinski definition) is 3. The Morgan fingerprint density at radius 1 is 1.42 bits per heavy atom. The van der Waals surface area contributed by atoms with Crippen LogP contribution in [0.15, 0.2) is 30.6 Å². The van der Waals surface area contributed by atoms with Gasteiger partial charge in [-0.3, -0.25) is 9.48 Å². The zero-order chi connectivity index (χ0) is 13.8. The average Bonchev–Trinajstić information content (AvgIpc) is 2.87. The van der Waals surface area contributed by atoms with E-state index in [0.717, 1.165) is 13.0 Å². The van der Waals surface area contributed by atoms with Gasteiger partial charge in [0.2, 0.25) is 0 Å². The highest BCUT2D eigenvalue weighted by Gasteiger charge is 2.14. The van der Waals surface area contributed by atoms with Gasteiger partial charge in [0, 0.05) is 18.3 Å². The molecule has 100 valence electrons. The van der Waals surface area contributed by atoms with Crippen LogP contribution in [0, 0.1) is 5.82 Å². The normalized spacial score (nSPS) is 10.5. The van der Waals surface area contributed by atoms with Crippen LogP contribution in [0.4, 0.5) is 4.39 Å². The molecule has 2 aromatic rings. The maximum Gasteiger partial charge on any atom is 0.196 e. The molecule has 0 aliphatic heterocycles. The number of nitrogens with zero attached hydrogens (tertiary/aromatic N) is 2. The summed E-state index contributed by atoms with van der Waals surface area (Å²) in [5.41, 5.74) is 0.872. The molecule has 0 radical (unpaired) electrons. The highest BCUT2D eigenvalue weighted by Crippen LogP contribution is 2.20. The predicted octanol–water partition coefficient (Wildman–Crippen LogP) is 2.67. The molecule has 2 rings (SSSR count). The Balaban J connectivity index is 2.27. The van der Waals surface area contributed by atoms with Gasteiger partial charge in [0.1, 0.15) is 0 Å². The van der Waals surface area contributed by atoms with E-state index in [0.29, 0.717) is 11.1 Å². The Hall–Kier alpha value is -2.17. The Labute approximate surface area is 110 Å². The highest BCUT2D eigenvalue weighted by molar-refractivity contribution is 6.08. The summed E-state index contributed by atoms with van der Waals surface area (Å²) in [6.45, 7) is 2.80. The van der Waals surface area contributed by atoms with Crippen molar-refractivity contribution < 1.29 is 13.9 Å². The number of methoxy groups -OCH3 is 1. The summed E-state index contributed by atoms with van der Waals surface area (Å²) in [5, 5.41) is 4.10. The van der Waals surface area contributed by atoms with Crippen molar-refractivity contribution in [3.05, 3.63) is 47.5 Å². The minimum Gasteiger partial charge on any atom is -0.494 e. The summed E-state index contributed by atoms with van der Waals surface area (Å²) in [6, 6.07) is 4.06. The van der Waals surface area contributed by atoms with Crippen LogP contribution in [0.25, 0.3) is 0 Å². The molecule has 0 aliphatic carbocycles. The van der Waals surface area contributed by atoms with Crippen LogP contribution in [0.2, 0.25) is 0 Å². The summed E-state index contributed by atoms with van der Waals surface area (Å²) >= 11 is 0. The van der Waals surface area contributed by atoms with Gasteiger partial charge < -0.3 is 4.74 Å². The van der Waals surface area contributed by atoms with Crippen LogP contribution in [-0.4, -0.2) is 22.7 Å². The molecule has 0 unspecified atom stereocenters. The molecule has 0 atom stereocenters. The summed E-state index contributed by atoms with van der Waals surface area (Å²) in [6.07, 6.45) is 4.16. The molecule has 1 aromatic heterocycles. The van der Waals surface area contributed by atoms with E-state index in [-0.39, 0.29) is 11.5 Å². The first-order valence-corrected chi connectivity index (χ1v) is 6.06. The second kappa shape index (κ2) is 5.65. The van der Waals surface area contributed by atoms with Gasteiger partial charge in [-0.1, -0.05) is 6.92 Å². The van der Waals surface area contributed by atoms with Crippen molar-refractivity contribution in [3.63, 3.8) is 0 Å². The number of halogens is 1. The van der Waals surface area contributed by atoms with Gasteiger partial charge in [0.05, 0.1) is 18.9 Å². The number of ether oxygens (including phenoxy) is 1. The molecule has 19 heavy (non-hydrogen) atoms. The standard InChI is InChI=1S/C14H15FN2O2/c1-3-6-17-9-11(8-16-17)14(18)10-4-5-12(15)13(7-10)19-2/h4-5,7-9H,3,6H2,1-2H3. The monoisotopic (exact) mass is 262 g/mol. The Kier molecular flexibility index (Phi) is 3.94. The number of aryl methyl sites for hydroxylation is 1. The third kappa shape index (κ3) is 2.81. The van der Waals surface area contributed by atoms with Crippen LogP contribution in [-0.2, 0) is 6.54 Å². The molecule has 0 saturated heterocycles. The van der Waals surface area contributed by atoms with Crippen molar-refractivity contribution in [1.29, 1.82) is 0 Å². The predicted molar refractivity (Wildman–Crippen MR) is 68.9 cm³/mol. The number of aromatic nitrogens is 2. The summed E-state index contributed by atoms with van der Waals surface area (Å²) in [7, 11) is 1.37. The largest absolute Gasteiger partial charge is 0.494 e. The van der Waals surface area contributed by atoms with E-state index in [1.807, 2.05) is 6.92 Å². The van der Waals surface area contributed by atoms with Crippen molar-refractivity contribution in [3.8, 4) is 5.75 Å². The quantitative estimate of drug-likeness (QED) is 0.778. The smallest absolute Gasteiger partial charge is 0.196 e. The summed E-state index contributed by atoms with van der Waals surface area (Å²) in [4.78, 5) is 12.2. The molecule has 0 N–H and O–H groups in total. The highest BCUT2D eigenvalue weighted by atomic mass is 19.1. The lowest BCUT2D eigenvalue weighted by Crippen LogP contribution is -2.02. The van der Waals surface area contributed by atoms with E-state index in [1.54, 1.807) is 10.9 Å². The van der Waals surface area contributed by atoms with Gasteiger partial charge in [-0.05, 0) is 24.6 Å². The fraction of sp³-hybridized carbons (Fsp3) is 0.286. The number of ketones is 1.